The number of hydrogen-bond acceptors (Lipinski definition) is 6. The second-order valence-electron chi connectivity index (χ2n) is 2.92. The zero-order valence-corrected chi connectivity index (χ0v) is 8.73. The topological polar surface area (TPSA) is 77.2 Å². The van der Waals surface area contributed by atoms with Crippen molar-refractivity contribution in [2.75, 3.05) is 13.2 Å². The van der Waals surface area contributed by atoms with E-state index in [1.807, 2.05) is 0 Å². The Morgan fingerprint density at radius 3 is 3.20 bits per heavy atom. The Labute approximate surface area is 88.0 Å². The van der Waals surface area contributed by atoms with Crippen molar-refractivity contribution in [3.8, 4) is 0 Å². The lowest BCUT2D eigenvalue weighted by molar-refractivity contribution is -0.143. The normalized spacial score (nSPS) is 10.2. The molecule has 0 aliphatic heterocycles. The molecule has 0 aromatic carbocycles. The van der Waals surface area contributed by atoms with E-state index in [1.165, 1.54) is 6.33 Å². The lowest BCUT2D eigenvalue weighted by Crippen LogP contribution is -2.16. The summed E-state index contributed by atoms with van der Waals surface area (Å²) < 4.78 is 9.57. The summed E-state index contributed by atoms with van der Waals surface area (Å²) in [5.74, 6) is 0.392. The van der Waals surface area contributed by atoms with Crippen LogP contribution in [-0.4, -0.2) is 29.3 Å². The van der Waals surface area contributed by atoms with Crippen molar-refractivity contribution < 1.29 is 14.1 Å². The van der Waals surface area contributed by atoms with Crippen LogP contribution in [0.15, 0.2) is 10.9 Å². The highest BCUT2D eigenvalue weighted by atomic mass is 16.5. The largest absolute Gasteiger partial charge is 0.466 e. The van der Waals surface area contributed by atoms with Gasteiger partial charge in [-0.1, -0.05) is 5.16 Å². The molecule has 6 nitrogen and oxygen atoms in total. The first-order valence-corrected chi connectivity index (χ1v) is 4.94. The summed E-state index contributed by atoms with van der Waals surface area (Å²) in [5, 5.41) is 6.55. The van der Waals surface area contributed by atoms with Gasteiger partial charge in [0.15, 0.2) is 6.33 Å². The summed E-state index contributed by atoms with van der Waals surface area (Å²) >= 11 is 0. The Hall–Kier alpha value is -1.43. The first-order chi connectivity index (χ1) is 7.33. The van der Waals surface area contributed by atoms with Crippen molar-refractivity contribution in [2.24, 2.45) is 0 Å². The van der Waals surface area contributed by atoms with E-state index in [0.717, 1.165) is 13.0 Å². The van der Waals surface area contributed by atoms with E-state index in [4.69, 9.17) is 9.26 Å². The summed E-state index contributed by atoms with van der Waals surface area (Å²) in [5.41, 5.74) is 0. The maximum absolute atomic E-state index is 10.9. The molecule has 0 bridgehead atoms. The molecule has 0 fully saturated rings. The SMILES string of the molecule is CCOC(=O)CCCNCc1ncno1. The fourth-order valence-electron chi connectivity index (χ4n) is 1.06. The fraction of sp³-hybridized carbons (Fsp3) is 0.667. The minimum atomic E-state index is -0.155. The summed E-state index contributed by atoms with van der Waals surface area (Å²) in [6.07, 6.45) is 2.53. The number of rotatable bonds is 7. The van der Waals surface area contributed by atoms with Crippen LogP contribution in [0.4, 0.5) is 0 Å². The quantitative estimate of drug-likeness (QED) is 0.525. The molecule has 1 N–H and O–H groups in total. The molecule has 0 spiro atoms. The van der Waals surface area contributed by atoms with Crippen LogP contribution < -0.4 is 5.32 Å². The molecule has 6 heteroatoms. The van der Waals surface area contributed by atoms with Gasteiger partial charge in [-0.2, -0.15) is 4.98 Å². The van der Waals surface area contributed by atoms with Gasteiger partial charge in [-0.25, -0.2) is 0 Å². The first kappa shape index (κ1) is 11.6. The molecular formula is C9H15N3O3. The van der Waals surface area contributed by atoms with E-state index in [0.29, 0.717) is 25.5 Å². The standard InChI is InChI=1S/C9H15N3O3/c1-2-14-9(13)4-3-5-10-6-8-11-7-12-15-8/h7,10H,2-6H2,1H3. The number of nitrogens with zero attached hydrogens (tertiary/aromatic N) is 2. The van der Waals surface area contributed by atoms with E-state index >= 15 is 0 Å². The van der Waals surface area contributed by atoms with Gasteiger partial charge in [0.05, 0.1) is 13.2 Å². The van der Waals surface area contributed by atoms with E-state index in [-0.39, 0.29) is 5.97 Å². The molecule has 15 heavy (non-hydrogen) atoms. The van der Waals surface area contributed by atoms with E-state index in [9.17, 15) is 4.79 Å². The molecule has 0 atom stereocenters. The molecule has 1 aromatic rings. The minimum absolute atomic E-state index is 0.155. The highest BCUT2D eigenvalue weighted by Gasteiger charge is 2.01. The second kappa shape index (κ2) is 6.94. The van der Waals surface area contributed by atoms with Gasteiger partial charge in [-0.15, -0.1) is 0 Å². The number of ether oxygens (including phenoxy) is 1. The summed E-state index contributed by atoms with van der Waals surface area (Å²) in [6.45, 7) is 3.49. The van der Waals surface area contributed by atoms with Crippen molar-refractivity contribution in [3.63, 3.8) is 0 Å². The van der Waals surface area contributed by atoms with Gasteiger partial charge in [0, 0.05) is 6.42 Å². The van der Waals surface area contributed by atoms with Crippen LogP contribution in [0.25, 0.3) is 0 Å². The smallest absolute Gasteiger partial charge is 0.305 e. The van der Waals surface area contributed by atoms with E-state index in [1.54, 1.807) is 6.92 Å². The van der Waals surface area contributed by atoms with Gasteiger partial charge in [0.2, 0.25) is 5.89 Å². The van der Waals surface area contributed by atoms with Crippen LogP contribution in [0.5, 0.6) is 0 Å². The van der Waals surface area contributed by atoms with Gasteiger partial charge >= 0.3 is 5.97 Å². The molecule has 1 aromatic heterocycles. The van der Waals surface area contributed by atoms with Gasteiger partial charge in [0.1, 0.15) is 0 Å². The van der Waals surface area contributed by atoms with Crippen LogP contribution in [0, 0.1) is 0 Å². The number of hydrogen-bond donors (Lipinski definition) is 1. The summed E-state index contributed by atoms with van der Waals surface area (Å²) in [4.78, 5) is 14.8. The predicted molar refractivity (Wildman–Crippen MR) is 51.9 cm³/mol. The highest BCUT2D eigenvalue weighted by Crippen LogP contribution is 1.93. The molecule has 0 radical (unpaired) electrons. The van der Waals surface area contributed by atoms with Crippen molar-refractivity contribution >= 4 is 5.97 Å². The maximum atomic E-state index is 10.9. The number of carbonyl (C=O) groups excluding carboxylic acids is 1. The molecule has 1 rings (SSSR count). The predicted octanol–water partition coefficient (Wildman–Crippen LogP) is 0.502. The Morgan fingerprint density at radius 2 is 2.53 bits per heavy atom. The molecule has 0 aliphatic carbocycles. The Bertz CT molecular complexity index is 274. The molecule has 84 valence electrons. The minimum Gasteiger partial charge on any atom is -0.466 e. The molecule has 1 heterocycles. The lowest BCUT2D eigenvalue weighted by Gasteiger charge is -2.02. The van der Waals surface area contributed by atoms with Gasteiger partial charge in [-0.3, -0.25) is 4.79 Å². The van der Waals surface area contributed by atoms with Crippen molar-refractivity contribution in [1.29, 1.82) is 0 Å². The van der Waals surface area contributed by atoms with Crippen LogP contribution in [-0.2, 0) is 16.1 Å². The maximum Gasteiger partial charge on any atom is 0.305 e. The Balaban J connectivity index is 1.95. The van der Waals surface area contributed by atoms with Gasteiger partial charge in [0.25, 0.3) is 0 Å². The summed E-state index contributed by atoms with van der Waals surface area (Å²) in [7, 11) is 0. The third-order valence-corrected chi connectivity index (χ3v) is 1.72. The Kier molecular flexibility index (Phi) is 5.39. The third-order valence-electron chi connectivity index (χ3n) is 1.72. The van der Waals surface area contributed by atoms with Crippen LogP contribution in [0.2, 0.25) is 0 Å². The van der Waals surface area contributed by atoms with Crippen molar-refractivity contribution in [3.05, 3.63) is 12.2 Å². The van der Waals surface area contributed by atoms with Crippen molar-refractivity contribution in [1.82, 2.24) is 15.5 Å². The molecule has 0 saturated carbocycles. The monoisotopic (exact) mass is 213 g/mol. The number of aromatic nitrogens is 2. The average molecular weight is 213 g/mol. The average Bonchev–Trinajstić information content (AvgIpc) is 2.70. The third kappa shape index (κ3) is 5.11. The van der Waals surface area contributed by atoms with E-state index in [2.05, 4.69) is 15.5 Å². The molecule has 0 amide bonds. The number of carbonyl (C=O) groups is 1. The van der Waals surface area contributed by atoms with Gasteiger partial charge in [-0.05, 0) is 19.9 Å². The zero-order chi connectivity index (χ0) is 10.9. The Morgan fingerprint density at radius 1 is 1.67 bits per heavy atom. The van der Waals surface area contributed by atoms with Crippen LogP contribution >= 0.6 is 0 Å². The van der Waals surface area contributed by atoms with Crippen LogP contribution in [0.1, 0.15) is 25.7 Å². The number of esters is 1. The fourth-order valence-corrected chi connectivity index (χ4v) is 1.06. The van der Waals surface area contributed by atoms with E-state index < -0.39 is 0 Å². The zero-order valence-electron chi connectivity index (χ0n) is 8.73. The van der Waals surface area contributed by atoms with Crippen molar-refractivity contribution in [2.45, 2.75) is 26.3 Å². The molecular weight excluding hydrogens is 198 g/mol. The molecule has 0 aliphatic rings. The van der Waals surface area contributed by atoms with Gasteiger partial charge < -0.3 is 14.6 Å². The lowest BCUT2D eigenvalue weighted by atomic mass is 10.3. The molecule has 0 unspecified atom stereocenters. The summed E-state index contributed by atoms with van der Waals surface area (Å²) in [6, 6.07) is 0. The highest BCUT2D eigenvalue weighted by molar-refractivity contribution is 5.69. The van der Waals surface area contributed by atoms with Crippen LogP contribution in [0.3, 0.4) is 0 Å². The second-order valence-corrected chi connectivity index (χ2v) is 2.92. The molecule has 0 saturated heterocycles. The first-order valence-electron chi connectivity index (χ1n) is 4.94. The number of nitrogens with one attached hydrogen (secondary N) is 1.